The van der Waals surface area contributed by atoms with Gasteiger partial charge in [-0.05, 0) is 12.8 Å². The zero-order chi connectivity index (χ0) is 19.3. The summed E-state index contributed by atoms with van der Waals surface area (Å²) in [4.78, 5) is 0. The van der Waals surface area contributed by atoms with Crippen LogP contribution in [0.2, 0.25) is 0 Å². The first-order valence-corrected chi connectivity index (χ1v) is 8.73. The normalized spacial score (nSPS) is 8.64. The SMILES string of the molecule is CCCCO.CCCCO.OCCNCCO.OCCNCCO.[Ti]. The van der Waals surface area contributed by atoms with Gasteiger partial charge in [0.05, 0.1) is 26.4 Å². The molecule has 0 radical (unpaired) electrons. The molecule has 0 aromatic carbocycles. The number of rotatable bonds is 12. The predicted molar refractivity (Wildman–Crippen MR) is 98.1 cm³/mol. The van der Waals surface area contributed by atoms with E-state index < -0.39 is 0 Å². The van der Waals surface area contributed by atoms with E-state index in [-0.39, 0.29) is 48.1 Å². The molecule has 0 atom stereocenters. The van der Waals surface area contributed by atoms with Gasteiger partial charge in [-0.25, -0.2) is 0 Å². The summed E-state index contributed by atoms with van der Waals surface area (Å²) >= 11 is 0. The first-order valence-electron chi connectivity index (χ1n) is 8.73. The van der Waals surface area contributed by atoms with Crippen molar-refractivity contribution in [3.8, 4) is 0 Å². The van der Waals surface area contributed by atoms with Crippen molar-refractivity contribution >= 4 is 0 Å². The number of aliphatic hydroxyl groups is 6. The van der Waals surface area contributed by atoms with E-state index in [2.05, 4.69) is 24.5 Å². The third kappa shape index (κ3) is 79.6. The summed E-state index contributed by atoms with van der Waals surface area (Å²) in [6.07, 6.45) is 4.08. The van der Waals surface area contributed by atoms with Crippen molar-refractivity contribution in [2.24, 2.45) is 0 Å². The summed E-state index contributed by atoms with van der Waals surface area (Å²) in [5.41, 5.74) is 0. The molecule has 0 spiro atoms. The van der Waals surface area contributed by atoms with Crippen LogP contribution in [0.3, 0.4) is 0 Å². The van der Waals surface area contributed by atoms with Crippen molar-refractivity contribution in [2.75, 3.05) is 65.8 Å². The zero-order valence-electron chi connectivity index (χ0n) is 16.1. The summed E-state index contributed by atoms with van der Waals surface area (Å²) in [7, 11) is 0. The molecule has 0 amide bonds. The maximum atomic E-state index is 8.15. The molecule has 0 aliphatic heterocycles. The van der Waals surface area contributed by atoms with Gasteiger partial charge in [0.15, 0.2) is 0 Å². The van der Waals surface area contributed by atoms with Crippen LogP contribution in [0.5, 0.6) is 0 Å². The van der Waals surface area contributed by atoms with Crippen LogP contribution >= 0.6 is 0 Å². The quantitative estimate of drug-likeness (QED) is 0.147. The Labute approximate surface area is 168 Å². The Bertz CT molecular complexity index is 135. The number of hydrogen-bond donors (Lipinski definition) is 8. The Morgan fingerprint density at radius 1 is 0.480 bits per heavy atom. The second kappa shape index (κ2) is 49.7. The van der Waals surface area contributed by atoms with E-state index in [1.54, 1.807) is 0 Å². The minimum absolute atomic E-state index is 0. The predicted octanol–water partition coefficient (Wildman–Crippen LogP) is -1.32. The fraction of sp³-hybridized carbons (Fsp3) is 1.00. The molecule has 8 N–H and O–H groups in total. The minimum atomic E-state index is 0. The van der Waals surface area contributed by atoms with E-state index in [0.717, 1.165) is 25.7 Å². The number of nitrogens with one attached hydrogen (secondary N) is 2. The summed E-state index contributed by atoms with van der Waals surface area (Å²) in [5.74, 6) is 0. The number of unbranched alkanes of at least 4 members (excludes halogenated alkanes) is 2. The molecule has 0 aliphatic carbocycles. The minimum Gasteiger partial charge on any atom is -0.396 e. The van der Waals surface area contributed by atoms with Crippen LogP contribution in [0.15, 0.2) is 0 Å². The fourth-order valence-electron chi connectivity index (χ4n) is 0.882. The van der Waals surface area contributed by atoms with Crippen LogP contribution in [-0.2, 0) is 21.7 Å². The van der Waals surface area contributed by atoms with Crippen molar-refractivity contribution in [3.63, 3.8) is 0 Å². The van der Waals surface area contributed by atoms with Crippen LogP contribution in [0.1, 0.15) is 39.5 Å². The van der Waals surface area contributed by atoms with Gasteiger partial charge in [0.2, 0.25) is 0 Å². The van der Waals surface area contributed by atoms with E-state index in [4.69, 9.17) is 30.6 Å². The molecule has 0 saturated heterocycles. The molecular weight excluding hydrogens is 364 g/mol. The Morgan fingerprint density at radius 2 is 0.720 bits per heavy atom. The van der Waals surface area contributed by atoms with E-state index in [0.29, 0.717) is 39.4 Å². The molecule has 8 nitrogen and oxygen atoms in total. The summed E-state index contributed by atoms with van der Waals surface area (Å²) < 4.78 is 0. The molecule has 0 aromatic rings. The van der Waals surface area contributed by atoms with Gasteiger partial charge in [-0.3, -0.25) is 0 Å². The number of hydrogen-bond acceptors (Lipinski definition) is 8. The second-order valence-corrected chi connectivity index (χ2v) is 4.55. The Kier molecular flexibility index (Phi) is 72.2. The first kappa shape index (κ1) is 36.3. The molecule has 0 fully saturated rings. The van der Waals surface area contributed by atoms with Gasteiger partial charge < -0.3 is 41.3 Å². The average molecular weight is 406 g/mol. The Balaban J connectivity index is -0.0000000711. The largest absolute Gasteiger partial charge is 0.396 e. The maximum absolute atomic E-state index is 8.15. The smallest absolute Gasteiger partial charge is 0.0555 e. The fourth-order valence-corrected chi connectivity index (χ4v) is 0.882. The van der Waals surface area contributed by atoms with Crippen LogP contribution in [0, 0.1) is 0 Å². The van der Waals surface area contributed by atoms with Gasteiger partial charge >= 0.3 is 0 Å². The van der Waals surface area contributed by atoms with Gasteiger partial charge in [0.1, 0.15) is 0 Å². The molecular formula is C16H42N2O6Ti. The summed E-state index contributed by atoms with van der Waals surface area (Å²) in [5, 5.41) is 54.3. The molecule has 0 bridgehead atoms. The topological polar surface area (TPSA) is 145 Å². The molecule has 9 heteroatoms. The third-order valence-corrected chi connectivity index (χ3v) is 2.18. The molecule has 0 heterocycles. The van der Waals surface area contributed by atoms with E-state index in [1.165, 1.54) is 0 Å². The van der Waals surface area contributed by atoms with Crippen molar-refractivity contribution in [2.45, 2.75) is 39.5 Å². The van der Waals surface area contributed by atoms with Crippen LogP contribution < -0.4 is 10.6 Å². The van der Waals surface area contributed by atoms with Crippen LogP contribution in [0.4, 0.5) is 0 Å². The van der Waals surface area contributed by atoms with Crippen molar-refractivity contribution in [3.05, 3.63) is 0 Å². The first-order chi connectivity index (χ1) is 11.7. The number of aliphatic hydroxyl groups excluding tert-OH is 6. The van der Waals surface area contributed by atoms with Gasteiger partial charge in [-0.2, -0.15) is 0 Å². The molecule has 156 valence electrons. The average Bonchev–Trinajstić information content (AvgIpc) is 2.59. The monoisotopic (exact) mass is 406 g/mol. The van der Waals surface area contributed by atoms with Crippen molar-refractivity contribution in [1.82, 2.24) is 10.6 Å². The zero-order valence-corrected chi connectivity index (χ0v) is 17.6. The third-order valence-electron chi connectivity index (χ3n) is 2.18. The molecule has 0 saturated carbocycles. The molecule has 0 rings (SSSR count). The van der Waals surface area contributed by atoms with E-state index in [1.807, 2.05) is 0 Å². The van der Waals surface area contributed by atoms with Crippen LogP contribution in [-0.4, -0.2) is 96.5 Å². The van der Waals surface area contributed by atoms with Gasteiger partial charge in [-0.15, -0.1) is 0 Å². The Hall–Kier alpha value is 0.394. The van der Waals surface area contributed by atoms with Crippen molar-refractivity contribution in [1.29, 1.82) is 0 Å². The summed E-state index contributed by atoms with van der Waals surface area (Å²) in [6.45, 7) is 7.63. The summed E-state index contributed by atoms with van der Waals surface area (Å²) in [6, 6.07) is 0. The van der Waals surface area contributed by atoms with E-state index >= 15 is 0 Å². The standard InChI is InChI=1S/2C4H11NO2.2C4H10O.Ti/c2*6-3-1-5-2-4-7;2*1-2-3-4-5;/h2*5-7H,1-4H2;2*5H,2-4H2,1H3;. The van der Waals surface area contributed by atoms with Crippen LogP contribution in [0.25, 0.3) is 0 Å². The molecule has 0 aromatic heterocycles. The Morgan fingerprint density at radius 3 is 0.800 bits per heavy atom. The van der Waals surface area contributed by atoms with E-state index in [9.17, 15) is 0 Å². The van der Waals surface area contributed by atoms with Gasteiger partial charge in [0, 0.05) is 61.1 Å². The molecule has 25 heavy (non-hydrogen) atoms. The van der Waals surface area contributed by atoms with Crippen molar-refractivity contribution < 1.29 is 52.4 Å². The molecule has 0 aliphatic rings. The van der Waals surface area contributed by atoms with Gasteiger partial charge in [-0.1, -0.05) is 26.7 Å². The maximum Gasteiger partial charge on any atom is 0.0555 e. The second-order valence-electron chi connectivity index (χ2n) is 4.55. The molecule has 0 unspecified atom stereocenters. The van der Waals surface area contributed by atoms with Gasteiger partial charge in [0.25, 0.3) is 0 Å².